The Hall–Kier alpha value is -8.64. The molecule has 0 radical (unpaired) electrons. The molecule has 0 bridgehead atoms. The first-order valence-corrected chi connectivity index (χ1v) is 40.9. The zero-order valence-electron chi connectivity index (χ0n) is 67.1. The summed E-state index contributed by atoms with van der Waals surface area (Å²) in [7, 11) is 2.12. The minimum Gasteiger partial charge on any atom is -0.480 e. The Bertz CT molecular complexity index is 2900. The number of carbonyl (C=O) groups is 16. The van der Waals surface area contributed by atoms with E-state index in [2.05, 4.69) is 70.4 Å². The number of nitrogens with zero attached hydrogens (tertiary/aromatic N) is 5. The lowest BCUT2D eigenvalue weighted by molar-refractivity contribution is -0.142. The van der Waals surface area contributed by atoms with Crippen molar-refractivity contribution in [1.82, 2.24) is 83.0 Å². The lowest BCUT2D eigenvalue weighted by atomic mass is 9.91. The van der Waals surface area contributed by atoms with Crippen molar-refractivity contribution >= 4 is 94.8 Å². The summed E-state index contributed by atoms with van der Waals surface area (Å²) in [6.45, 7) is 16.6. The zero-order valence-corrected chi connectivity index (χ0v) is 67.1. The summed E-state index contributed by atoms with van der Waals surface area (Å²) >= 11 is 0. The van der Waals surface area contributed by atoms with E-state index in [1.165, 1.54) is 27.7 Å². The second-order valence-electron chi connectivity index (χ2n) is 31.5. The normalized spacial score (nSPS) is 21.7. The average Bonchev–Trinajstić information content (AvgIpc) is 0.870. The Kier molecular flexibility index (Phi) is 43.1. The molecular formula is C77H130N16O20. The van der Waals surface area contributed by atoms with E-state index in [9.17, 15) is 76.7 Å². The maximum atomic E-state index is 12.6. The Morgan fingerprint density at radius 2 is 0.513 bits per heavy atom. The molecule has 0 aromatic rings. The van der Waals surface area contributed by atoms with Crippen LogP contribution >= 0.6 is 0 Å². The van der Waals surface area contributed by atoms with Gasteiger partial charge in [-0.3, -0.25) is 57.5 Å². The van der Waals surface area contributed by atoms with Crippen LogP contribution in [0.3, 0.4) is 0 Å². The number of carboxylic acid groups (broad SMARTS) is 4. The lowest BCUT2D eigenvalue weighted by Gasteiger charge is -2.33. The van der Waals surface area contributed by atoms with Gasteiger partial charge in [0, 0.05) is 132 Å². The van der Waals surface area contributed by atoms with Crippen molar-refractivity contribution in [2.45, 2.75) is 206 Å². The fourth-order valence-corrected chi connectivity index (χ4v) is 15.6. The number of hydrogen-bond donors (Lipinski definition) is 15. The molecule has 0 saturated carbocycles. The van der Waals surface area contributed by atoms with Crippen LogP contribution in [-0.2, 0) is 76.7 Å². The van der Waals surface area contributed by atoms with Crippen LogP contribution in [0, 0.1) is 47.3 Å². The highest BCUT2D eigenvalue weighted by molar-refractivity contribution is 5.88. The molecule has 8 saturated heterocycles. The van der Waals surface area contributed by atoms with Gasteiger partial charge in [-0.25, -0.2) is 19.2 Å². The van der Waals surface area contributed by atoms with Gasteiger partial charge in [0.05, 0.1) is 23.7 Å². The predicted molar refractivity (Wildman–Crippen MR) is 414 cm³/mol. The van der Waals surface area contributed by atoms with Gasteiger partial charge < -0.3 is 103 Å². The quantitative estimate of drug-likeness (QED) is 0.0391. The third-order valence-electron chi connectivity index (χ3n) is 22.5. The molecule has 36 heteroatoms. The minimum atomic E-state index is -1.20. The summed E-state index contributed by atoms with van der Waals surface area (Å²) in [6, 6.07) is -4.64. The lowest BCUT2D eigenvalue weighted by Crippen LogP contribution is -2.51. The van der Waals surface area contributed by atoms with Crippen LogP contribution < -0.4 is 58.5 Å². The monoisotopic (exact) mass is 1600 g/mol. The van der Waals surface area contributed by atoms with Gasteiger partial charge in [-0.2, -0.15) is 0 Å². The molecule has 12 amide bonds. The van der Waals surface area contributed by atoms with Crippen molar-refractivity contribution in [2.75, 3.05) is 138 Å². The van der Waals surface area contributed by atoms with Gasteiger partial charge in [-0.05, 0) is 211 Å². The van der Waals surface area contributed by atoms with Crippen LogP contribution in [0.4, 0.5) is 0 Å². The zero-order chi connectivity index (χ0) is 82.9. The first-order valence-electron chi connectivity index (χ1n) is 40.9. The van der Waals surface area contributed by atoms with E-state index in [-0.39, 0.29) is 97.1 Å². The van der Waals surface area contributed by atoms with Crippen LogP contribution in [0.5, 0.6) is 0 Å². The smallest absolute Gasteiger partial charge is 0.328 e. The van der Waals surface area contributed by atoms with Gasteiger partial charge >= 0.3 is 23.9 Å². The standard InChI is InChI=1S/C20H34N4O5.3C19H32N4O5/c1-14(25)22-17(20(28)29)12-21-19(27)16-4-3-9-24(13-16)18(26)6-5-15-7-10-23(2)11-8-15;3*1-13(24)22-16(19(27)28)11-21-18(26)15-3-2-10-23(12-15)17(25)5-4-14-6-8-20-9-7-14/h15-17H,3-13H2,1-2H3,(H,21,27)(H,22,25)(H,28,29);3*14-16,20H,2-12H2,1H3,(H,21,26)(H,22,24)(H,27,28)/t16-,17?;3*15-,16?/m1111/s1. The fourth-order valence-electron chi connectivity index (χ4n) is 15.6. The Morgan fingerprint density at radius 3 is 0.708 bits per heavy atom. The minimum absolute atomic E-state index is 0.0951. The van der Waals surface area contributed by atoms with E-state index < -0.39 is 71.7 Å². The molecule has 8 aliphatic heterocycles. The van der Waals surface area contributed by atoms with Crippen LogP contribution in [0.1, 0.15) is 182 Å². The van der Waals surface area contributed by atoms with Crippen molar-refractivity contribution < 1.29 is 97.1 Å². The fraction of sp³-hybridized carbons (Fsp3) is 0.792. The molecule has 0 aromatic heterocycles. The van der Waals surface area contributed by atoms with Crippen LogP contribution in [0.25, 0.3) is 0 Å². The number of hydrogen-bond acceptors (Lipinski definition) is 20. The maximum absolute atomic E-state index is 12.6. The summed E-state index contributed by atoms with van der Waals surface area (Å²) in [4.78, 5) is 198. The Labute approximate surface area is 663 Å². The number of rotatable bonds is 32. The Balaban J connectivity index is 0.000000269. The highest BCUT2D eigenvalue weighted by Crippen LogP contribution is 2.27. The molecule has 8 rings (SSSR count). The van der Waals surface area contributed by atoms with Gasteiger partial charge in [0.2, 0.25) is 70.9 Å². The third kappa shape index (κ3) is 37.0. The molecule has 113 heavy (non-hydrogen) atoms. The van der Waals surface area contributed by atoms with Crippen molar-refractivity contribution in [3.8, 4) is 0 Å². The van der Waals surface area contributed by atoms with Crippen molar-refractivity contribution in [3.05, 3.63) is 0 Å². The van der Waals surface area contributed by atoms with Crippen LogP contribution in [0.15, 0.2) is 0 Å². The summed E-state index contributed by atoms with van der Waals surface area (Å²) < 4.78 is 0. The first kappa shape index (κ1) is 95.0. The van der Waals surface area contributed by atoms with Crippen molar-refractivity contribution in [1.29, 1.82) is 0 Å². The molecule has 638 valence electrons. The van der Waals surface area contributed by atoms with E-state index in [1.54, 1.807) is 19.6 Å². The third-order valence-corrected chi connectivity index (χ3v) is 22.5. The van der Waals surface area contributed by atoms with E-state index in [1.807, 2.05) is 0 Å². The number of carbonyl (C=O) groups excluding carboxylic acids is 12. The second kappa shape index (κ2) is 51.3. The molecule has 8 heterocycles. The molecule has 8 atom stereocenters. The van der Waals surface area contributed by atoms with E-state index in [0.29, 0.717) is 127 Å². The summed E-state index contributed by atoms with van der Waals surface area (Å²) in [5.41, 5.74) is 0. The molecule has 15 N–H and O–H groups in total. The molecule has 0 aliphatic carbocycles. The average molecular weight is 1600 g/mol. The molecule has 8 fully saturated rings. The van der Waals surface area contributed by atoms with E-state index >= 15 is 0 Å². The number of nitrogens with one attached hydrogen (secondary N) is 11. The number of aliphatic carboxylic acids is 4. The van der Waals surface area contributed by atoms with Crippen molar-refractivity contribution in [2.24, 2.45) is 47.3 Å². The number of amides is 12. The second-order valence-corrected chi connectivity index (χ2v) is 31.5. The van der Waals surface area contributed by atoms with Crippen molar-refractivity contribution in [3.63, 3.8) is 0 Å². The van der Waals surface area contributed by atoms with E-state index in [4.69, 9.17) is 20.4 Å². The van der Waals surface area contributed by atoms with Gasteiger partial charge in [0.25, 0.3) is 0 Å². The summed E-state index contributed by atoms with van der Waals surface area (Å²) in [5.74, 6) is -6.37. The summed E-state index contributed by atoms with van der Waals surface area (Å²) in [5, 5.41) is 66.0. The largest absolute Gasteiger partial charge is 0.480 e. The molecule has 8 aliphatic rings. The topological polar surface area (TPSA) is 503 Å². The number of piperidine rings is 8. The van der Waals surface area contributed by atoms with E-state index in [0.717, 1.165) is 155 Å². The molecule has 0 spiro atoms. The molecule has 36 nitrogen and oxygen atoms in total. The maximum Gasteiger partial charge on any atom is 0.328 e. The van der Waals surface area contributed by atoms with Gasteiger partial charge in [-0.1, -0.05) is 0 Å². The number of likely N-dealkylation sites (tertiary alicyclic amines) is 5. The molecule has 4 unspecified atom stereocenters. The highest BCUT2D eigenvalue weighted by Gasteiger charge is 2.36. The number of carboxylic acids is 4. The predicted octanol–water partition coefficient (Wildman–Crippen LogP) is -0.817. The van der Waals surface area contributed by atoms with Crippen LogP contribution in [0.2, 0.25) is 0 Å². The Morgan fingerprint density at radius 1 is 0.310 bits per heavy atom. The van der Waals surface area contributed by atoms with Gasteiger partial charge in [0.15, 0.2) is 0 Å². The van der Waals surface area contributed by atoms with Crippen LogP contribution in [-0.4, -0.2) is 302 Å². The molecular weight excluding hydrogens is 1470 g/mol. The SMILES string of the molecule is CC(=O)NC(CNC(=O)[C@@H]1CCCN(C(=O)CCC2CCN(C)CC2)C1)C(=O)O.CC(=O)NC(CNC(=O)[C@@H]1CCCN(C(=O)CCC2CCNCC2)C1)C(=O)O.CC(=O)NC(CNC(=O)[C@@H]1CCCN(C(=O)CCC2CCNCC2)C1)C(=O)O.CC(=O)NC(CNC(=O)[C@@H]1CCCN(C(=O)CCC2CCNCC2)C1)C(=O)O. The van der Waals surface area contributed by atoms with Gasteiger partial charge in [-0.15, -0.1) is 0 Å². The summed E-state index contributed by atoms with van der Waals surface area (Å²) in [6.07, 6.45) is 20.3. The van der Waals surface area contributed by atoms with Gasteiger partial charge in [0.1, 0.15) is 24.2 Å². The first-order chi connectivity index (χ1) is 53.8. The molecule has 0 aromatic carbocycles. The highest BCUT2D eigenvalue weighted by atomic mass is 16.4.